The third kappa shape index (κ3) is 2.63. The smallest absolute Gasteiger partial charge is 0.236 e. The molecule has 13 heavy (non-hydrogen) atoms. The predicted octanol–water partition coefficient (Wildman–Crippen LogP) is 0.0650. The molecule has 0 heterocycles. The third-order valence-electron chi connectivity index (χ3n) is 2.00. The van der Waals surface area contributed by atoms with Gasteiger partial charge in [-0.3, -0.25) is 9.52 Å². The lowest BCUT2D eigenvalue weighted by atomic mass is 10.3. The van der Waals surface area contributed by atoms with E-state index in [0.717, 1.165) is 6.42 Å². The van der Waals surface area contributed by atoms with Gasteiger partial charge in [0.25, 0.3) is 0 Å². The molecule has 1 aliphatic rings. The van der Waals surface area contributed by atoms with Crippen LogP contribution < -0.4 is 4.72 Å². The van der Waals surface area contributed by atoms with Crippen molar-refractivity contribution in [2.45, 2.75) is 6.42 Å². The lowest BCUT2D eigenvalue weighted by Gasteiger charge is -2.09. The Morgan fingerprint density at radius 1 is 1.69 bits per heavy atom. The monoisotopic (exact) mass is 202 g/mol. The van der Waals surface area contributed by atoms with E-state index in [2.05, 4.69) is 11.3 Å². The van der Waals surface area contributed by atoms with E-state index in [0.29, 0.717) is 0 Å². The zero-order valence-corrected chi connectivity index (χ0v) is 8.63. The van der Waals surface area contributed by atoms with Crippen LogP contribution in [0.1, 0.15) is 6.42 Å². The summed E-state index contributed by atoms with van der Waals surface area (Å²) in [5.41, 5.74) is 0. The molecule has 0 aromatic heterocycles. The van der Waals surface area contributed by atoms with Crippen molar-refractivity contribution in [3.05, 3.63) is 12.7 Å². The molecule has 5 heteroatoms. The van der Waals surface area contributed by atoms with Crippen LogP contribution in [0.15, 0.2) is 12.7 Å². The summed E-state index contributed by atoms with van der Waals surface area (Å²) in [7, 11) is 3.29. The van der Waals surface area contributed by atoms with Gasteiger partial charge in [0.15, 0.2) is 11.2 Å². The fourth-order valence-corrected chi connectivity index (χ4v) is 1.54. The normalized spacial score (nSPS) is 28.2. The van der Waals surface area contributed by atoms with Gasteiger partial charge in [-0.05, 0) is 12.3 Å². The fraction of sp³-hybridized carbons (Fsp3) is 0.625. The molecule has 0 aromatic carbocycles. The molecule has 3 atom stereocenters. The molecule has 0 aromatic rings. The van der Waals surface area contributed by atoms with Crippen molar-refractivity contribution in [1.82, 2.24) is 9.03 Å². The first-order valence-electron chi connectivity index (χ1n) is 4.08. The standard InChI is InChI=1S/C8H14N2O2S/c1-4-6-5-7(6)8(11)9-13(12)10(2)3/h4,6-7H,1,5H2,2-3H3,(H,9,11)/t6-,7+,13?/m1/s1. The van der Waals surface area contributed by atoms with E-state index in [-0.39, 0.29) is 17.7 Å². The van der Waals surface area contributed by atoms with E-state index in [1.165, 1.54) is 4.31 Å². The highest BCUT2D eigenvalue weighted by Gasteiger charge is 2.41. The predicted molar refractivity (Wildman–Crippen MR) is 51.8 cm³/mol. The molecule has 1 N–H and O–H groups in total. The Balaban J connectivity index is 2.35. The number of hydrogen-bond acceptors (Lipinski definition) is 2. The van der Waals surface area contributed by atoms with E-state index >= 15 is 0 Å². The summed E-state index contributed by atoms with van der Waals surface area (Å²) in [6, 6.07) is 0. The Morgan fingerprint density at radius 2 is 2.31 bits per heavy atom. The van der Waals surface area contributed by atoms with E-state index < -0.39 is 11.2 Å². The Labute approximate surface area is 80.7 Å². The van der Waals surface area contributed by atoms with Gasteiger partial charge in [-0.15, -0.1) is 6.58 Å². The van der Waals surface area contributed by atoms with Gasteiger partial charge in [0, 0.05) is 20.0 Å². The van der Waals surface area contributed by atoms with Gasteiger partial charge in [-0.1, -0.05) is 6.08 Å². The molecule has 1 saturated carbocycles. The lowest BCUT2D eigenvalue weighted by molar-refractivity contribution is -0.120. The molecular weight excluding hydrogens is 188 g/mol. The Morgan fingerprint density at radius 3 is 2.69 bits per heavy atom. The second-order valence-corrected chi connectivity index (χ2v) is 4.70. The molecule has 0 spiro atoms. The summed E-state index contributed by atoms with van der Waals surface area (Å²) >= 11 is -1.40. The number of hydrogen-bond donors (Lipinski definition) is 1. The molecule has 4 nitrogen and oxygen atoms in total. The van der Waals surface area contributed by atoms with Gasteiger partial charge in [0.1, 0.15) is 0 Å². The summed E-state index contributed by atoms with van der Waals surface area (Å²) in [6.07, 6.45) is 2.60. The minimum Gasteiger partial charge on any atom is -0.274 e. The van der Waals surface area contributed by atoms with Crippen LogP contribution >= 0.6 is 0 Å². The van der Waals surface area contributed by atoms with Crippen LogP contribution in [0.3, 0.4) is 0 Å². The Bertz CT molecular complexity index is 253. The topological polar surface area (TPSA) is 49.4 Å². The van der Waals surface area contributed by atoms with Gasteiger partial charge < -0.3 is 0 Å². The van der Waals surface area contributed by atoms with Gasteiger partial charge in [-0.25, -0.2) is 8.51 Å². The van der Waals surface area contributed by atoms with Crippen LogP contribution in [0.25, 0.3) is 0 Å². The quantitative estimate of drug-likeness (QED) is 0.656. The first-order chi connectivity index (χ1) is 6.06. The molecule has 1 amide bonds. The largest absolute Gasteiger partial charge is 0.274 e. The van der Waals surface area contributed by atoms with E-state index in [1.54, 1.807) is 20.2 Å². The second kappa shape index (κ2) is 4.02. The summed E-state index contributed by atoms with van der Waals surface area (Å²) in [5.74, 6) is 0.123. The number of nitrogens with zero attached hydrogens (tertiary/aromatic N) is 1. The molecule has 0 aliphatic heterocycles. The second-order valence-electron chi connectivity index (χ2n) is 3.27. The molecule has 1 rings (SSSR count). The van der Waals surface area contributed by atoms with Crippen LogP contribution in [-0.4, -0.2) is 28.5 Å². The van der Waals surface area contributed by atoms with E-state index in [9.17, 15) is 9.00 Å². The molecule has 0 radical (unpaired) electrons. The average Bonchev–Trinajstić information content (AvgIpc) is 2.82. The summed E-state index contributed by atoms with van der Waals surface area (Å²) in [4.78, 5) is 11.3. The van der Waals surface area contributed by atoms with Crippen molar-refractivity contribution >= 4 is 17.1 Å². The highest BCUT2D eigenvalue weighted by molar-refractivity contribution is 7.81. The summed E-state index contributed by atoms with van der Waals surface area (Å²) in [5, 5.41) is 0. The van der Waals surface area contributed by atoms with Gasteiger partial charge in [-0.2, -0.15) is 0 Å². The lowest BCUT2D eigenvalue weighted by Crippen LogP contribution is -2.35. The van der Waals surface area contributed by atoms with Gasteiger partial charge >= 0.3 is 0 Å². The van der Waals surface area contributed by atoms with Crippen molar-refractivity contribution in [1.29, 1.82) is 0 Å². The maximum atomic E-state index is 11.3. The maximum Gasteiger partial charge on any atom is 0.236 e. The van der Waals surface area contributed by atoms with Crippen LogP contribution in [0, 0.1) is 11.8 Å². The van der Waals surface area contributed by atoms with Crippen LogP contribution in [0.2, 0.25) is 0 Å². The molecular formula is C8H14N2O2S. The summed E-state index contributed by atoms with van der Waals surface area (Å²) < 4.78 is 15.0. The minimum absolute atomic E-state index is 0.0126. The highest BCUT2D eigenvalue weighted by atomic mass is 32.2. The number of carbonyl (C=O) groups excluding carboxylic acids is 1. The maximum absolute atomic E-state index is 11.3. The van der Waals surface area contributed by atoms with Gasteiger partial charge in [0.05, 0.1) is 0 Å². The molecule has 1 fully saturated rings. The van der Waals surface area contributed by atoms with Crippen molar-refractivity contribution < 1.29 is 9.00 Å². The van der Waals surface area contributed by atoms with Crippen molar-refractivity contribution in [3.63, 3.8) is 0 Å². The Hall–Kier alpha value is -0.680. The molecule has 0 saturated heterocycles. The SMILES string of the molecule is C=C[C@@H]1C[C@@H]1C(=O)NS(=O)N(C)C. The summed E-state index contributed by atoms with van der Waals surface area (Å²) in [6.45, 7) is 3.60. The Kier molecular flexibility index (Phi) is 3.22. The molecule has 0 bridgehead atoms. The number of carbonyl (C=O) groups is 1. The number of rotatable bonds is 4. The molecule has 1 aliphatic carbocycles. The zero-order valence-electron chi connectivity index (χ0n) is 7.82. The van der Waals surface area contributed by atoms with Crippen LogP contribution in [0.5, 0.6) is 0 Å². The van der Waals surface area contributed by atoms with Gasteiger partial charge in [0.2, 0.25) is 5.91 Å². The third-order valence-corrected chi connectivity index (χ3v) is 3.04. The first kappa shape index (κ1) is 10.4. The number of allylic oxidation sites excluding steroid dienone is 1. The zero-order chi connectivity index (χ0) is 10.0. The average molecular weight is 202 g/mol. The van der Waals surface area contributed by atoms with Crippen molar-refractivity contribution in [2.24, 2.45) is 11.8 Å². The fourth-order valence-electron chi connectivity index (χ4n) is 1.03. The van der Waals surface area contributed by atoms with Crippen LogP contribution in [-0.2, 0) is 16.0 Å². The van der Waals surface area contributed by atoms with Crippen LogP contribution in [0.4, 0.5) is 0 Å². The first-order valence-corrected chi connectivity index (χ1v) is 5.19. The highest BCUT2D eigenvalue weighted by Crippen LogP contribution is 2.39. The number of amides is 1. The van der Waals surface area contributed by atoms with E-state index in [4.69, 9.17) is 0 Å². The van der Waals surface area contributed by atoms with E-state index in [1.807, 2.05) is 0 Å². The molecule has 74 valence electrons. The minimum atomic E-state index is -1.40. The number of nitrogens with one attached hydrogen (secondary N) is 1. The van der Waals surface area contributed by atoms with Crippen molar-refractivity contribution in [2.75, 3.05) is 14.1 Å². The van der Waals surface area contributed by atoms with Crippen molar-refractivity contribution in [3.8, 4) is 0 Å². The molecule has 1 unspecified atom stereocenters.